The Labute approximate surface area is 119 Å². The molecule has 4 nitrogen and oxygen atoms in total. The monoisotopic (exact) mass is 269 g/mol. The molecule has 2 N–H and O–H groups in total. The normalized spacial score (nSPS) is 10.0. The van der Waals surface area contributed by atoms with E-state index in [0.717, 1.165) is 19.3 Å². The summed E-state index contributed by atoms with van der Waals surface area (Å²) >= 11 is 0. The number of hydrogen-bond donors (Lipinski definition) is 2. The van der Waals surface area contributed by atoms with Gasteiger partial charge in [0, 0.05) is 12.7 Å². The average Bonchev–Trinajstić information content (AvgIpc) is 2.49. The van der Waals surface area contributed by atoms with Crippen molar-refractivity contribution >= 4 is 11.7 Å². The Balaban J connectivity index is 1.58. The number of urea groups is 1. The third-order valence-corrected chi connectivity index (χ3v) is 2.94. The summed E-state index contributed by atoms with van der Waals surface area (Å²) in [5.74, 6) is 0. The van der Waals surface area contributed by atoms with Gasteiger partial charge in [-0.2, -0.15) is 0 Å². The van der Waals surface area contributed by atoms with Crippen molar-refractivity contribution in [3.8, 4) is 0 Å². The molecule has 2 rings (SSSR count). The fourth-order valence-electron chi connectivity index (χ4n) is 1.91. The second kappa shape index (κ2) is 7.94. The topological polar surface area (TPSA) is 54.0 Å². The summed E-state index contributed by atoms with van der Waals surface area (Å²) in [6.07, 6.45) is 6.38. The van der Waals surface area contributed by atoms with Crippen LogP contribution in [0.3, 0.4) is 0 Å². The van der Waals surface area contributed by atoms with Crippen LogP contribution in [0.25, 0.3) is 0 Å². The minimum absolute atomic E-state index is 0.183. The first kappa shape index (κ1) is 14.1. The van der Waals surface area contributed by atoms with E-state index >= 15 is 0 Å². The number of amides is 2. The number of rotatable bonds is 6. The first-order valence-electron chi connectivity index (χ1n) is 6.83. The predicted octanol–water partition coefficient (Wildman–Crippen LogP) is 3.23. The number of anilines is 1. The van der Waals surface area contributed by atoms with E-state index in [-0.39, 0.29) is 6.03 Å². The van der Waals surface area contributed by atoms with Gasteiger partial charge in [-0.1, -0.05) is 30.3 Å². The number of unbranched alkanes of at least 4 members (excludes halogenated alkanes) is 1. The smallest absolute Gasteiger partial charge is 0.319 e. The van der Waals surface area contributed by atoms with Gasteiger partial charge in [-0.05, 0) is 37.0 Å². The van der Waals surface area contributed by atoms with Gasteiger partial charge in [0.15, 0.2) is 0 Å². The lowest BCUT2D eigenvalue weighted by atomic mass is 10.1. The first-order valence-corrected chi connectivity index (χ1v) is 6.83. The van der Waals surface area contributed by atoms with Crippen LogP contribution < -0.4 is 10.6 Å². The van der Waals surface area contributed by atoms with Crippen LogP contribution in [-0.4, -0.2) is 17.6 Å². The van der Waals surface area contributed by atoms with E-state index in [9.17, 15) is 4.79 Å². The lowest BCUT2D eigenvalue weighted by molar-refractivity contribution is 0.252. The molecule has 0 saturated carbocycles. The molecule has 0 fully saturated rings. The number of benzene rings is 1. The van der Waals surface area contributed by atoms with Gasteiger partial charge < -0.3 is 10.6 Å². The second-order valence-electron chi connectivity index (χ2n) is 4.57. The maximum Gasteiger partial charge on any atom is 0.319 e. The van der Waals surface area contributed by atoms with Crippen molar-refractivity contribution in [3.63, 3.8) is 0 Å². The van der Waals surface area contributed by atoms with Gasteiger partial charge >= 0.3 is 6.03 Å². The molecule has 0 saturated heterocycles. The van der Waals surface area contributed by atoms with E-state index in [0.29, 0.717) is 12.2 Å². The Bertz CT molecular complexity index is 514. The summed E-state index contributed by atoms with van der Waals surface area (Å²) in [6.45, 7) is 0.679. The molecule has 1 aromatic heterocycles. The molecule has 2 aromatic rings. The standard InChI is InChI=1S/C16H19N3O/c20-16(19-15-10-6-11-17-13-15)18-12-5-4-9-14-7-2-1-3-8-14/h1-3,6-8,10-11,13H,4-5,9,12H2,(H2,18,19,20). The fourth-order valence-corrected chi connectivity index (χ4v) is 1.91. The van der Waals surface area contributed by atoms with Gasteiger partial charge in [-0.25, -0.2) is 4.79 Å². The first-order chi connectivity index (χ1) is 9.84. The number of hydrogen-bond acceptors (Lipinski definition) is 2. The van der Waals surface area contributed by atoms with E-state index in [2.05, 4.69) is 39.9 Å². The Morgan fingerprint density at radius 3 is 2.65 bits per heavy atom. The molecule has 0 atom stereocenters. The molecule has 20 heavy (non-hydrogen) atoms. The van der Waals surface area contributed by atoms with Crippen LogP contribution in [-0.2, 0) is 6.42 Å². The number of nitrogens with one attached hydrogen (secondary N) is 2. The molecule has 2 amide bonds. The highest BCUT2D eigenvalue weighted by Gasteiger charge is 2.00. The number of carbonyl (C=O) groups excluding carboxylic acids is 1. The summed E-state index contributed by atoms with van der Waals surface area (Å²) < 4.78 is 0. The third-order valence-electron chi connectivity index (χ3n) is 2.94. The van der Waals surface area contributed by atoms with E-state index in [1.807, 2.05) is 12.1 Å². The minimum atomic E-state index is -0.183. The largest absolute Gasteiger partial charge is 0.338 e. The molecule has 0 radical (unpaired) electrons. The molecule has 1 aromatic carbocycles. The highest BCUT2D eigenvalue weighted by atomic mass is 16.2. The number of carbonyl (C=O) groups is 1. The highest BCUT2D eigenvalue weighted by molar-refractivity contribution is 5.88. The lowest BCUT2D eigenvalue weighted by Crippen LogP contribution is -2.29. The predicted molar refractivity (Wildman–Crippen MR) is 80.6 cm³/mol. The van der Waals surface area contributed by atoms with Crippen molar-refractivity contribution < 1.29 is 4.79 Å². The number of aromatic nitrogens is 1. The molecule has 0 aliphatic heterocycles. The zero-order valence-corrected chi connectivity index (χ0v) is 11.4. The quantitative estimate of drug-likeness (QED) is 0.791. The Kier molecular flexibility index (Phi) is 5.58. The molecule has 4 heteroatoms. The highest BCUT2D eigenvalue weighted by Crippen LogP contribution is 2.04. The molecule has 0 bridgehead atoms. The van der Waals surface area contributed by atoms with Gasteiger partial charge in [0.25, 0.3) is 0 Å². The van der Waals surface area contributed by atoms with Crippen molar-refractivity contribution in [2.75, 3.05) is 11.9 Å². The van der Waals surface area contributed by atoms with Crippen molar-refractivity contribution in [1.29, 1.82) is 0 Å². The van der Waals surface area contributed by atoms with E-state index < -0.39 is 0 Å². The second-order valence-corrected chi connectivity index (χ2v) is 4.57. The number of aryl methyl sites for hydroxylation is 1. The molecule has 0 aliphatic rings. The average molecular weight is 269 g/mol. The molecule has 0 unspecified atom stereocenters. The summed E-state index contributed by atoms with van der Waals surface area (Å²) in [5.41, 5.74) is 2.04. The van der Waals surface area contributed by atoms with Crippen molar-refractivity contribution in [3.05, 3.63) is 60.4 Å². The van der Waals surface area contributed by atoms with E-state index in [1.165, 1.54) is 5.56 Å². The van der Waals surface area contributed by atoms with Gasteiger partial charge in [0.05, 0.1) is 11.9 Å². The van der Waals surface area contributed by atoms with Crippen LogP contribution in [0.15, 0.2) is 54.9 Å². The summed E-state index contributed by atoms with van der Waals surface area (Å²) in [6, 6.07) is 13.8. The van der Waals surface area contributed by atoms with Crippen LogP contribution in [0.1, 0.15) is 18.4 Å². The Hall–Kier alpha value is -2.36. The van der Waals surface area contributed by atoms with Crippen LogP contribution >= 0.6 is 0 Å². The summed E-state index contributed by atoms with van der Waals surface area (Å²) in [4.78, 5) is 15.5. The molecule has 0 aliphatic carbocycles. The van der Waals surface area contributed by atoms with Crippen LogP contribution in [0.4, 0.5) is 10.5 Å². The summed E-state index contributed by atoms with van der Waals surface area (Å²) in [7, 11) is 0. The SMILES string of the molecule is O=C(NCCCCc1ccccc1)Nc1cccnc1. The zero-order valence-electron chi connectivity index (χ0n) is 11.4. The number of pyridine rings is 1. The van der Waals surface area contributed by atoms with Crippen LogP contribution in [0.5, 0.6) is 0 Å². The van der Waals surface area contributed by atoms with Crippen molar-refractivity contribution in [1.82, 2.24) is 10.3 Å². The van der Waals surface area contributed by atoms with Gasteiger partial charge in [-0.3, -0.25) is 4.98 Å². The molecule has 0 spiro atoms. The van der Waals surface area contributed by atoms with Gasteiger partial charge in [-0.15, -0.1) is 0 Å². The van der Waals surface area contributed by atoms with Gasteiger partial charge in [0.1, 0.15) is 0 Å². The molecule has 104 valence electrons. The molecular weight excluding hydrogens is 250 g/mol. The van der Waals surface area contributed by atoms with Crippen LogP contribution in [0, 0.1) is 0 Å². The van der Waals surface area contributed by atoms with Crippen molar-refractivity contribution in [2.24, 2.45) is 0 Å². The Morgan fingerprint density at radius 2 is 1.90 bits per heavy atom. The van der Waals surface area contributed by atoms with E-state index in [4.69, 9.17) is 0 Å². The lowest BCUT2D eigenvalue weighted by Gasteiger charge is -2.07. The maximum atomic E-state index is 11.6. The van der Waals surface area contributed by atoms with Crippen molar-refractivity contribution in [2.45, 2.75) is 19.3 Å². The zero-order chi connectivity index (χ0) is 14.0. The summed E-state index contributed by atoms with van der Waals surface area (Å²) in [5, 5.41) is 5.58. The molecule has 1 heterocycles. The molecular formula is C16H19N3O. The third kappa shape index (κ3) is 5.10. The minimum Gasteiger partial charge on any atom is -0.338 e. The van der Waals surface area contributed by atoms with Crippen LogP contribution in [0.2, 0.25) is 0 Å². The Morgan fingerprint density at radius 1 is 1.05 bits per heavy atom. The number of nitrogens with zero attached hydrogens (tertiary/aromatic N) is 1. The fraction of sp³-hybridized carbons (Fsp3) is 0.250. The van der Waals surface area contributed by atoms with Gasteiger partial charge in [0.2, 0.25) is 0 Å². The maximum absolute atomic E-state index is 11.6. The van der Waals surface area contributed by atoms with E-state index in [1.54, 1.807) is 18.5 Å².